The summed E-state index contributed by atoms with van der Waals surface area (Å²) in [5.41, 5.74) is -0.321. The molecule has 0 bridgehead atoms. The van der Waals surface area contributed by atoms with E-state index in [4.69, 9.17) is 51.1 Å². The maximum absolute atomic E-state index is 12.4. The lowest BCUT2D eigenvalue weighted by Gasteiger charge is -2.45. The quantitative estimate of drug-likeness (QED) is 0.208. The van der Waals surface area contributed by atoms with Crippen LogP contribution < -0.4 is 0 Å². The van der Waals surface area contributed by atoms with Crippen molar-refractivity contribution in [2.24, 2.45) is 5.92 Å². The number of β-lactam (4-membered cyclic amide) rings is 1. The van der Waals surface area contributed by atoms with Gasteiger partial charge in [0.15, 0.2) is 0 Å². The fourth-order valence-corrected chi connectivity index (χ4v) is 2.86. The van der Waals surface area contributed by atoms with Gasteiger partial charge in [-0.1, -0.05) is 34.8 Å². The summed E-state index contributed by atoms with van der Waals surface area (Å²) in [5.74, 6) is -2.45. The van der Waals surface area contributed by atoms with Gasteiger partial charge in [-0.15, -0.1) is 11.6 Å². The van der Waals surface area contributed by atoms with E-state index < -0.39 is 40.1 Å². The molecular weight excluding hydrogens is 420 g/mol. The number of rotatable bonds is 6. The smallest absolute Gasteiger partial charge is 0.464 e. The van der Waals surface area contributed by atoms with Crippen molar-refractivity contribution in [2.75, 3.05) is 13.0 Å². The summed E-state index contributed by atoms with van der Waals surface area (Å²) in [4.78, 5) is 37.0. The molecule has 1 fully saturated rings. The van der Waals surface area contributed by atoms with Crippen molar-refractivity contribution >= 4 is 64.4 Å². The number of likely N-dealkylation sites (tertiary alicyclic amines) is 1. The number of ether oxygens (including phenoxy) is 3. The third-order valence-corrected chi connectivity index (χ3v) is 4.87. The Morgan fingerprint density at radius 2 is 1.88 bits per heavy atom. The number of halogens is 4. The number of esters is 1. The van der Waals surface area contributed by atoms with Crippen molar-refractivity contribution in [3.63, 3.8) is 0 Å². The lowest BCUT2D eigenvalue weighted by atomic mass is 9.91. The third-order valence-electron chi connectivity index (χ3n) is 3.33. The van der Waals surface area contributed by atoms with Crippen molar-refractivity contribution in [1.82, 2.24) is 4.90 Å². The molecule has 1 heterocycles. The fraction of sp³-hybridized carbons (Fsp3) is 0.643. The van der Waals surface area contributed by atoms with Crippen LogP contribution in [-0.4, -0.2) is 52.0 Å². The molecule has 0 radical (unpaired) electrons. The second-order valence-corrected chi connectivity index (χ2v) is 7.52. The van der Waals surface area contributed by atoms with Gasteiger partial charge in [-0.25, -0.2) is 9.59 Å². The van der Waals surface area contributed by atoms with Crippen LogP contribution in [0.5, 0.6) is 0 Å². The molecule has 1 aliphatic heterocycles. The molecular formula is C14H17Cl4NO6. The summed E-state index contributed by atoms with van der Waals surface area (Å²) in [6.45, 7) is 4.72. The zero-order chi connectivity index (χ0) is 19.5. The molecule has 0 spiro atoms. The van der Waals surface area contributed by atoms with E-state index in [9.17, 15) is 14.4 Å². The average Bonchev–Trinajstić information content (AvgIpc) is 2.50. The van der Waals surface area contributed by atoms with Crippen molar-refractivity contribution in [3.8, 4) is 0 Å². The minimum Gasteiger partial charge on any atom is -0.464 e. The lowest BCUT2D eigenvalue weighted by Crippen LogP contribution is -2.62. The Morgan fingerprint density at radius 3 is 2.28 bits per heavy atom. The molecule has 0 aliphatic carbocycles. The molecule has 7 nitrogen and oxygen atoms in total. The van der Waals surface area contributed by atoms with Gasteiger partial charge in [0.05, 0.1) is 13.0 Å². The van der Waals surface area contributed by atoms with Gasteiger partial charge in [0.2, 0.25) is 5.91 Å². The summed E-state index contributed by atoms with van der Waals surface area (Å²) in [7, 11) is 1.19. The van der Waals surface area contributed by atoms with Gasteiger partial charge in [-0.05, 0) is 26.3 Å². The first-order chi connectivity index (χ1) is 11.5. The minimum absolute atomic E-state index is 0.0428. The van der Waals surface area contributed by atoms with Gasteiger partial charge in [0.25, 0.3) is 4.52 Å². The second-order valence-electron chi connectivity index (χ2n) is 5.39. The molecule has 1 rings (SSSR count). The second kappa shape index (κ2) is 8.66. The Balaban J connectivity index is 2.81. The molecule has 25 heavy (non-hydrogen) atoms. The Morgan fingerprint density at radius 1 is 1.32 bits per heavy atom. The summed E-state index contributed by atoms with van der Waals surface area (Å²) in [6, 6.07) is 0. The molecule has 1 saturated heterocycles. The Hall–Kier alpha value is -0.890. The highest BCUT2D eigenvalue weighted by Crippen LogP contribution is 2.38. The molecule has 11 heteroatoms. The Kier molecular flexibility index (Phi) is 7.68. The van der Waals surface area contributed by atoms with Gasteiger partial charge >= 0.3 is 12.1 Å². The van der Waals surface area contributed by atoms with Crippen LogP contribution in [0, 0.1) is 5.92 Å². The van der Waals surface area contributed by atoms with Crippen LogP contribution in [0.1, 0.15) is 20.8 Å². The van der Waals surface area contributed by atoms with Crippen LogP contribution in [0.2, 0.25) is 0 Å². The van der Waals surface area contributed by atoms with Crippen molar-refractivity contribution in [2.45, 2.75) is 36.9 Å². The first-order valence-electron chi connectivity index (χ1n) is 7.03. The molecule has 3 unspecified atom stereocenters. The van der Waals surface area contributed by atoms with Crippen LogP contribution in [0.3, 0.4) is 0 Å². The molecule has 1 aliphatic rings. The van der Waals surface area contributed by atoms with E-state index in [0.717, 1.165) is 4.90 Å². The van der Waals surface area contributed by atoms with Gasteiger partial charge in [-0.3, -0.25) is 9.69 Å². The normalized spacial score (nSPS) is 21.1. The van der Waals surface area contributed by atoms with Gasteiger partial charge in [-0.2, -0.15) is 0 Å². The highest BCUT2D eigenvalue weighted by Gasteiger charge is 2.53. The number of alkyl halides is 4. The van der Waals surface area contributed by atoms with Crippen LogP contribution in [0.25, 0.3) is 0 Å². The molecule has 0 aromatic carbocycles. The van der Waals surface area contributed by atoms with E-state index in [1.54, 1.807) is 13.8 Å². The molecule has 1 amide bonds. The minimum atomic E-state index is -1.95. The maximum Gasteiger partial charge on any atom is 0.511 e. The third kappa shape index (κ3) is 5.06. The lowest BCUT2D eigenvalue weighted by molar-refractivity contribution is -0.159. The zero-order valence-corrected chi connectivity index (χ0v) is 16.9. The van der Waals surface area contributed by atoms with E-state index in [0.29, 0.717) is 5.57 Å². The summed E-state index contributed by atoms with van der Waals surface area (Å²) < 4.78 is 12.3. The Labute approximate surface area is 165 Å². The molecule has 0 aromatic rings. The van der Waals surface area contributed by atoms with Gasteiger partial charge in [0.1, 0.15) is 23.2 Å². The number of hydrogen-bond acceptors (Lipinski definition) is 6. The highest BCUT2D eigenvalue weighted by molar-refractivity contribution is 6.50. The number of carbonyl (C=O) groups excluding carboxylic acids is 3. The van der Waals surface area contributed by atoms with E-state index >= 15 is 0 Å². The standard InChI is InChI=1S/C14H17Cl4NO6/c1-6(2)9(12(21)23-4)19-10(16)8(11(19)20)7(3)24-13(22)25-14(17,18)5-15/h7-8,10H,5H2,1-4H3. The number of nitrogens with zero attached hydrogens (tertiary/aromatic N) is 1. The average molecular weight is 437 g/mol. The zero-order valence-electron chi connectivity index (χ0n) is 13.8. The largest absolute Gasteiger partial charge is 0.511 e. The predicted molar refractivity (Wildman–Crippen MR) is 92.6 cm³/mol. The van der Waals surface area contributed by atoms with E-state index in [2.05, 4.69) is 9.47 Å². The summed E-state index contributed by atoms with van der Waals surface area (Å²) in [6.07, 6.45) is -2.15. The van der Waals surface area contributed by atoms with Crippen molar-refractivity contribution in [1.29, 1.82) is 0 Å². The highest BCUT2D eigenvalue weighted by atomic mass is 35.5. The van der Waals surface area contributed by atoms with Crippen LogP contribution in [0.15, 0.2) is 11.3 Å². The Bertz CT molecular complexity index is 590. The van der Waals surface area contributed by atoms with Gasteiger partial charge < -0.3 is 14.2 Å². The monoisotopic (exact) mass is 435 g/mol. The van der Waals surface area contributed by atoms with Crippen LogP contribution in [0.4, 0.5) is 4.79 Å². The fourth-order valence-electron chi connectivity index (χ4n) is 2.17. The molecule has 0 aromatic heterocycles. The number of methoxy groups -OCH3 is 1. The van der Waals surface area contributed by atoms with Crippen molar-refractivity contribution < 1.29 is 28.6 Å². The summed E-state index contributed by atoms with van der Waals surface area (Å²) in [5, 5.41) is 0. The van der Waals surface area contributed by atoms with Crippen LogP contribution >= 0.6 is 46.4 Å². The van der Waals surface area contributed by atoms with E-state index in [-0.39, 0.29) is 11.6 Å². The van der Waals surface area contributed by atoms with Crippen molar-refractivity contribution in [3.05, 3.63) is 11.3 Å². The SMILES string of the molecule is COC(=O)C(=C(C)C)N1C(=O)C(C(C)OC(=O)OC(Cl)(Cl)CCl)C1Cl. The van der Waals surface area contributed by atoms with Gasteiger partial charge in [0, 0.05) is 0 Å². The first-order valence-corrected chi connectivity index (χ1v) is 8.75. The molecule has 0 saturated carbocycles. The van der Waals surface area contributed by atoms with Crippen LogP contribution in [-0.2, 0) is 23.8 Å². The topological polar surface area (TPSA) is 82.1 Å². The molecule has 142 valence electrons. The maximum atomic E-state index is 12.4. The molecule has 0 N–H and O–H groups in total. The van der Waals surface area contributed by atoms with E-state index in [1.165, 1.54) is 14.0 Å². The molecule has 3 atom stereocenters. The number of hydrogen-bond donors (Lipinski definition) is 0. The number of allylic oxidation sites excluding steroid dienone is 1. The first kappa shape index (κ1) is 22.2. The number of amides is 1. The summed E-state index contributed by atoms with van der Waals surface area (Å²) >= 11 is 22.8. The number of carbonyl (C=O) groups is 3. The van der Waals surface area contributed by atoms with E-state index in [1.807, 2.05) is 0 Å². The predicted octanol–water partition coefficient (Wildman–Crippen LogP) is 3.39.